The van der Waals surface area contributed by atoms with Gasteiger partial charge in [-0.2, -0.15) is 5.10 Å². The van der Waals surface area contributed by atoms with Gasteiger partial charge in [-0.15, -0.1) is 11.3 Å². The predicted octanol–water partition coefficient (Wildman–Crippen LogP) is 5.81. The third-order valence-electron chi connectivity index (χ3n) is 8.37. The van der Waals surface area contributed by atoms with Crippen LogP contribution < -0.4 is 15.4 Å². The molecule has 0 spiro atoms. The molecule has 1 amide bonds. The number of methoxy groups -OCH3 is 1. The van der Waals surface area contributed by atoms with Crippen molar-refractivity contribution in [3.63, 3.8) is 0 Å². The Labute approximate surface area is 274 Å². The third kappa shape index (κ3) is 6.02. The molecule has 240 valence electrons. The summed E-state index contributed by atoms with van der Waals surface area (Å²) in [4.78, 5) is 40.9. The number of aryl methyl sites for hydroxylation is 3. The number of carbonyl (C=O) groups excluding carboxylic acids is 2. The average molecular weight is 651 g/mol. The van der Waals surface area contributed by atoms with Crippen molar-refractivity contribution in [1.82, 2.24) is 29.6 Å². The number of anilines is 3. The number of benzene rings is 2. The standard InChI is InChI=1S/C34H34N8O4S/c1-19-15-36-34(38-27-14-20(2)41(3)40-27)39-29(19)24-16-35-30-22(24)9-7-10-25(30)37-28(43)18-42-13-12-21(17-42)46-31-23-8-5-6-11-26(23)47-32(31)33(44)45-4/h5-11,14-16,21,35H,12-13,17-18H2,1-4H3,(H,37,43)(H,36,38,39,40)/t21-/m0/s1. The Balaban J connectivity index is 1.03. The molecule has 0 saturated carbocycles. The molecule has 1 saturated heterocycles. The molecule has 5 heterocycles. The number of aromatic nitrogens is 5. The lowest BCUT2D eigenvalue weighted by molar-refractivity contribution is -0.117. The first-order chi connectivity index (χ1) is 22.8. The van der Waals surface area contributed by atoms with Gasteiger partial charge in [-0.3, -0.25) is 14.4 Å². The number of nitrogens with zero attached hydrogens (tertiary/aromatic N) is 5. The van der Waals surface area contributed by atoms with E-state index in [1.165, 1.54) is 18.4 Å². The van der Waals surface area contributed by atoms with E-state index in [4.69, 9.17) is 14.5 Å². The first-order valence-corrected chi connectivity index (χ1v) is 16.1. The molecule has 0 unspecified atom stereocenters. The van der Waals surface area contributed by atoms with Gasteiger partial charge in [0.1, 0.15) is 6.10 Å². The summed E-state index contributed by atoms with van der Waals surface area (Å²) in [5, 5.41) is 12.5. The molecule has 1 aliphatic rings. The Kier molecular flexibility index (Phi) is 8.08. The van der Waals surface area contributed by atoms with E-state index in [1.54, 1.807) is 10.9 Å². The number of hydrogen-bond donors (Lipinski definition) is 3. The highest BCUT2D eigenvalue weighted by Gasteiger charge is 2.29. The minimum Gasteiger partial charge on any atom is -0.487 e. The van der Waals surface area contributed by atoms with Crippen LogP contribution in [0.2, 0.25) is 0 Å². The molecule has 0 radical (unpaired) electrons. The predicted molar refractivity (Wildman–Crippen MR) is 183 cm³/mol. The lowest BCUT2D eigenvalue weighted by Gasteiger charge is -2.17. The third-order valence-corrected chi connectivity index (χ3v) is 9.50. The SMILES string of the molecule is COC(=O)c1sc2ccccc2c1O[C@H]1CCN(CC(=O)Nc2cccc3c(-c4nc(Nc5cc(C)n(C)n5)ncc4C)c[nH]c23)C1. The lowest BCUT2D eigenvalue weighted by atomic mass is 10.1. The highest BCUT2D eigenvalue weighted by molar-refractivity contribution is 7.21. The maximum atomic E-state index is 13.3. The van der Waals surface area contributed by atoms with Crippen LogP contribution in [0.1, 0.15) is 27.3 Å². The highest BCUT2D eigenvalue weighted by Crippen LogP contribution is 2.39. The molecular weight excluding hydrogens is 616 g/mol. The van der Waals surface area contributed by atoms with Gasteiger partial charge in [0.25, 0.3) is 0 Å². The number of H-pyrrole nitrogens is 1. The molecule has 13 heteroatoms. The van der Waals surface area contributed by atoms with Crippen LogP contribution in [0, 0.1) is 13.8 Å². The number of amides is 1. The minimum atomic E-state index is -0.413. The molecule has 12 nitrogen and oxygen atoms in total. The Morgan fingerprint density at radius 3 is 2.77 bits per heavy atom. The lowest BCUT2D eigenvalue weighted by Crippen LogP contribution is -2.33. The zero-order chi connectivity index (χ0) is 32.7. The number of esters is 1. The van der Waals surface area contributed by atoms with Crippen molar-refractivity contribution in [2.75, 3.05) is 37.4 Å². The summed E-state index contributed by atoms with van der Waals surface area (Å²) in [5.41, 5.74) is 5.12. The van der Waals surface area contributed by atoms with Crippen molar-refractivity contribution in [2.24, 2.45) is 7.05 Å². The fourth-order valence-electron chi connectivity index (χ4n) is 5.93. The Bertz CT molecular complexity index is 2110. The molecule has 3 N–H and O–H groups in total. The first-order valence-electron chi connectivity index (χ1n) is 15.3. The van der Waals surface area contributed by atoms with Crippen molar-refractivity contribution in [2.45, 2.75) is 26.4 Å². The number of ether oxygens (including phenoxy) is 2. The van der Waals surface area contributed by atoms with Crippen LogP contribution >= 0.6 is 11.3 Å². The number of nitrogens with one attached hydrogen (secondary N) is 3. The van der Waals surface area contributed by atoms with Gasteiger partial charge in [0.15, 0.2) is 16.4 Å². The summed E-state index contributed by atoms with van der Waals surface area (Å²) < 4.78 is 14.1. The van der Waals surface area contributed by atoms with Crippen LogP contribution in [0.4, 0.5) is 17.5 Å². The first kappa shape index (κ1) is 30.4. The zero-order valence-electron chi connectivity index (χ0n) is 26.5. The van der Waals surface area contributed by atoms with E-state index in [0.717, 1.165) is 49.9 Å². The number of likely N-dealkylation sites (tertiary alicyclic amines) is 1. The summed E-state index contributed by atoms with van der Waals surface area (Å²) in [6, 6.07) is 15.5. The Morgan fingerprint density at radius 2 is 1.96 bits per heavy atom. The monoisotopic (exact) mass is 650 g/mol. The summed E-state index contributed by atoms with van der Waals surface area (Å²) in [7, 11) is 3.26. The maximum Gasteiger partial charge on any atom is 0.351 e. The van der Waals surface area contributed by atoms with Crippen LogP contribution in [0.15, 0.2) is 60.9 Å². The van der Waals surface area contributed by atoms with E-state index in [9.17, 15) is 9.59 Å². The maximum absolute atomic E-state index is 13.3. The number of aromatic amines is 1. The molecule has 6 aromatic rings. The van der Waals surface area contributed by atoms with Gasteiger partial charge >= 0.3 is 5.97 Å². The van der Waals surface area contributed by atoms with Gasteiger partial charge in [0, 0.05) is 65.3 Å². The van der Waals surface area contributed by atoms with E-state index in [1.807, 2.05) is 75.6 Å². The van der Waals surface area contributed by atoms with E-state index in [2.05, 4.69) is 30.6 Å². The van der Waals surface area contributed by atoms with Gasteiger partial charge < -0.3 is 25.1 Å². The van der Waals surface area contributed by atoms with E-state index in [0.29, 0.717) is 41.2 Å². The molecule has 7 rings (SSSR count). The smallest absolute Gasteiger partial charge is 0.351 e. The molecule has 1 fully saturated rings. The minimum absolute atomic E-state index is 0.124. The fourth-order valence-corrected chi connectivity index (χ4v) is 6.98. The van der Waals surface area contributed by atoms with E-state index >= 15 is 0 Å². The summed E-state index contributed by atoms with van der Waals surface area (Å²) >= 11 is 1.36. The van der Waals surface area contributed by atoms with Gasteiger partial charge in [-0.1, -0.05) is 24.3 Å². The van der Waals surface area contributed by atoms with Crippen molar-refractivity contribution in [1.29, 1.82) is 0 Å². The second kappa shape index (κ2) is 12.5. The number of rotatable bonds is 9. The van der Waals surface area contributed by atoms with Gasteiger partial charge in [0.2, 0.25) is 11.9 Å². The van der Waals surface area contributed by atoms with E-state index < -0.39 is 5.97 Å². The Hall–Kier alpha value is -5.27. The topological polar surface area (TPSA) is 139 Å². The van der Waals surface area contributed by atoms with Crippen LogP contribution in [-0.2, 0) is 16.6 Å². The van der Waals surface area contributed by atoms with Crippen molar-refractivity contribution in [3.05, 3.63) is 77.1 Å². The molecule has 2 aromatic carbocycles. The van der Waals surface area contributed by atoms with Crippen LogP contribution in [-0.4, -0.2) is 74.4 Å². The van der Waals surface area contributed by atoms with Crippen molar-refractivity contribution < 1.29 is 19.1 Å². The average Bonchev–Trinajstić information content (AvgIpc) is 3.85. The fraction of sp³-hybridized carbons (Fsp3) is 0.265. The van der Waals surface area contributed by atoms with Crippen molar-refractivity contribution in [3.8, 4) is 17.0 Å². The Morgan fingerprint density at radius 1 is 1.13 bits per heavy atom. The molecule has 4 aromatic heterocycles. The quantitative estimate of drug-likeness (QED) is 0.165. The number of fused-ring (bicyclic) bond motifs is 2. The molecule has 1 aliphatic heterocycles. The summed E-state index contributed by atoms with van der Waals surface area (Å²) in [6.45, 7) is 5.43. The molecule has 0 bridgehead atoms. The number of para-hydroxylation sites is 1. The molecule has 1 atom stereocenters. The molecule has 47 heavy (non-hydrogen) atoms. The summed E-state index contributed by atoms with van der Waals surface area (Å²) in [6.07, 6.45) is 4.28. The number of hydrogen-bond acceptors (Lipinski definition) is 10. The number of carbonyl (C=O) groups is 2. The zero-order valence-corrected chi connectivity index (χ0v) is 27.3. The van der Waals surface area contributed by atoms with Gasteiger partial charge in [0.05, 0.1) is 30.6 Å². The largest absolute Gasteiger partial charge is 0.487 e. The van der Waals surface area contributed by atoms with Crippen LogP contribution in [0.5, 0.6) is 5.75 Å². The van der Waals surface area contributed by atoms with Crippen LogP contribution in [0.25, 0.3) is 32.2 Å². The van der Waals surface area contributed by atoms with Gasteiger partial charge in [-0.05, 0) is 44.0 Å². The normalized spacial score (nSPS) is 14.9. The second-order valence-corrected chi connectivity index (χ2v) is 12.7. The van der Waals surface area contributed by atoms with Gasteiger partial charge in [-0.25, -0.2) is 14.8 Å². The van der Waals surface area contributed by atoms with E-state index in [-0.39, 0.29) is 18.6 Å². The second-order valence-electron chi connectivity index (χ2n) is 11.6. The van der Waals surface area contributed by atoms with Crippen molar-refractivity contribution >= 4 is 61.7 Å². The van der Waals surface area contributed by atoms with Crippen LogP contribution in [0.3, 0.4) is 0 Å². The highest BCUT2D eigenvalue weighted by atomic mass is 32.1. The molecular formula is C34H34N8O4S. The molecule has 0 aliphatic carbocycles. The number of thiophene rings is 1. The summed E-state index contributed by atoms with van der Waals surface area (Å²) in [5.74, 6) is 1.13.